The van der Waals surface area contributed by atoms with Crippen LogP contribution in [0.15, 0.2) is 6.07 Å². The van der Waals surface area contributed by atoms with Crippen molar-refractivity contribution in [1.29, 1.82) is 0 Å². The Morgan fingerprint density at radius 2 is 1.78 bits per heavy atom. The van der Waals surface area contributed by atoms with Gasteiger partial charge in [-0.25, -0.2) is 0 Å². The van der Waals surface area contributed by atoms with Gasteiger partial charge in [-0.3, -0.25) is 0 Å². The summed E-state index contributed by atoms with van der Waals surface area (Å²) in [4.78, 5) is 0. The van der Waals surface area contributed by atoms with Crippen LogP contribution < -0.4 is 0 Å². The van der Waals surface area contributed by atoms with Gasteiger partial charge in [-0.2, -0.15) is 0 Å². The molecule has 1 aromatic rings. The van der Waals surface area contributed by atoms with Crippen molar-refractivity contribution < 1.29 is 0 Å². The fourth-order valence-corrected chi connectivity index (χ4v) is 0.855. The minimum Gasteiger partial charge on any atom is -0.0819 e. The van der Waals surface area contributed by atoms with Gasteiger partial charge in [-0.1, -0.05) is 34.8 Å². The van der Waals surface area contributed by atoms with Gasteiger partial charge in [-0.15, -0.1) is 0 Å². The lowest BCUT2D eigenvalue weighted by molar-refractivity contribution is 1.74. The molecule has 1 aromatic carbocycles. The van der Waals surface area contributed by atoms with Crippen LogP contribution in [0.5, 0.6) is 0 Å². The van der Waals surface area contributed by atoms with Gasteiger partial charge in [0, 0.05) is 0 Å². The van der Waals surface area contributed by atoms with E-state index in [1.165, 1.54) is 6.07 Å². The molecule has 3 heteroatoms. The molecule has 46 valence electrons. The van der Waals surface area contributed by atoms with Gasteiger partial charge < -0.3 is 0 Å². The maximum atomic E-state index is 5.55. The van der Waals surface area contributed by atoms with Crippen molar-refractivity contribution in [2.24, 2.45) is 0 Å². The van der Waals surface area contributed by atoms with E-state index in [1.54, 1.807) is 0 Å². The Balaban J connectivity index is 3.17. The van der Waals surface area contributed by atoms with Gasteiger partial charge in [0.2, 0.25) is 0 Å². The first-order valence-corrected chi connectivity index (χ1v) is 3.28. The zero-order chi connectivity index (χ0) is 6.85. The Labute approximate surface area is 68.3 Å². The third kappa shape index (κ3) is 1.66. The number of halogens is 3. The summed E-state index contributed by atoms with van der Waals surface area (Å²) in [5.74, 6) is 0. The van der Waals surface area contributed by atoms with Gasteiger partial charge in [-0.05, 0) is 18.2 Å². The lowest BCUT2D eigenvalue weighted by atomic mass is 10.4. The molecule has 0 fully saturated rings. The summed E-state index contributed by atoms with van der Waals surface area (Å²) >= 11 is 16.5. The summed E-state index contributed by atoms with van der Waals surface area (Å²) < 4.78 is 0. The van der Waals surface area contributed by atoms with Gasteiger partial charge in [0.1, 0.15) is 5.02 Å². The van der Waals surface area contributed by atoms with Crippen molar-refractivity contribution in [2.75, 3.05) is 0 Å². The molecule has 0 atom stereocenters. The highest BCUT2D eigenvalue weighted by Gasteiger charge is 1.93. The molecular formula is C6HCl3. The first-order chi connectivity index (χ1) is 4.20. The molecule has 1 rings (SSSR count). The van der Waals surface area contributed by atoms with Gasteiger partial charge in [0.15, 0.2) is 0 Å². The van der Waals surface area contributed by atoms with Crippen molar-refractivity contribution in [3.05, 3.63) is 33.3 Å². The van der Waals surface area contributed by atoms with Crippen LogP contribution in [0.4, 0.5) is 0 Å². The highest BCUT2D eigenvalue weighted by Crippen LogP contribution is 2.21. The summed E-state index contributed by atoms with van der Waals surface area (Å²) in [6, 6.07) is 6.62. The molecule has 0 heterocycles. The van der Waals surface area contributed by atoms with Gasteiger partial charge in [0.25, 0.3) is 0 Å². The fraction of sp³-hybridized carbons (Fsp3) is 0. The second-order valence-electron chi connectivity index (χ2n) is 1.40. The average Bonchev–Trinajstić information content (AvgIpc) is 1.80. The zero-order valence-corrected chi connectivity index (χ0v) is 6.48. The molecule has 0 N–H and O–H groups in total. The summed E-state index contributed by atoms with van der Waals surface area (Å²) in [5.41, 5.74) is 0. The predicted octanol–water partition coefficient (Wildman–Crippen LogP) is 3.25. The SMILES string of the molecule is Clc1c#cc(Cl)c(Cl)c1. The third-order valence-electron chi connectivity index (χ3n) is 0.755. The molecule has 0 nitrogen and oxygen atoms in total. The zero-order valence-electron chi connectivity index (χ0n) is 4.21. The van der Waals surface area contributed by atoms with Crippen molar-refractivity contribution in [3.8, 4) is 0 Å². The lowest BCUT2D eigenvalue weighted by Gasteiger charge is -1.86. The Hall–Kier alpha value is -0.0900. The van der Waals surface area contributed by atoms with E-state index in [1.807, 2.05) is 0 Å². The van der Waals surface area contributed by atoms with Gasteiger partial charge in [0.05, 0.1) is 10.0 Å². The quantitative estimate of drug-likeness (QED) is 0.573. The van der Waals surface area contributed by atoms with Crippen LogP contribution >= 0.6 is 34.8 Å². The number of rotatable bonds is 0. The average molecular weight is 179 g/mol. The highest BCUT2D eigenvalue weighted by molar-refractivity contribution is 6.42. The normalized spacial score (nSPS) is 8.78. The molecule has 0 spiro atoms. The van der Waals surface area contributed by atoms with Crippen molar-refractivity contribution in [1.82, 2.24) is 0 Å². The molecular weight excluding hydrogens is 178 g/mol. The van der Waals surface area contributed by atoms with Gasteiger partial charge >= 0.3 is 0 Å². The maximum Gasteiger partial charge on any atom is 0.109 e. The molecule has 0 unspecified atom stereocenters. The van der Waals surface area contributed by atoms with E-state index < -0.39 is 0 Å². The summed E-state index contributed by atoms with van der Waals surface area (Å²) in [7, 11) is 0. The van der Waals surface area contributed by atoms with E-state index in [-0.39, 0.29) is 0 Å². The minimum atomic E-state index is 0.348. The van der Waals surface area contributed by atoms with Crippen LogP contribution in [0.1, 0.15) is 0 Å². The second-order valence-corrected chi connectivity index (χ2v) is 2.60. The van der Waals surface area contributed by atoms with Crippen LogP contribution in [0.2, 0.25) is 15.1 Å². The van der Waals surface area contributed by atoms with E-state index in [0.29, 0.717) is 15.1 Å². The van der Waals surface area contributed by atoms with Crippen LogP contribution in [-0.4, -0.2) is 0 Å². The van der Waals surface area contributed by atoms with E-state index >= 15 is 0 Å². The summed E-state index contributed by atoms with van der Waals surface area (Å²) in [5, 5.41) is 1.17. The Bertz CT molecular complexity index is 220. The Morgan fingerprint density at radius 1 is 1.11 bits per heavy atom. The van der Waals surface area contributed by atoms with Crippen molar-refractivity contribution in [3.63, 3.8) is 0 Å². The minimum absolute atomic E-state index is 0.348. The highest BCUT2D eigenvalue weighted by atomic mass is 35.5. The molecule has 0 aliphatic rings. The standard InChI is InChI=1S/C6HCl3/c7-4-1-2-5(8)6(9)3-4/h3H. The van der Waals surface area contributed by atoms with Crippen LogP contribution in [-0.2, 0) is 0 Å². The summed E-state index contributed by atoms with van der Waals surface area (Å²) in [6.45, 7) is 0. The van der Waals surface area contributed by atoms with E-state index in [4.69, 9.17) is 34.8 Å². The topological polar surface area (TPSA) is 0 Å². The predicted molar refractivity (Wildman–Crippen MR) is 39.1 cm³/mol. The molecule has 0 radical (unpaired) electrons. The number of hydrogen-bond donors (Lipinski definition) is 0. The Kier molecular flexibility index (Phi) is 2.08. The van der Waals surface area contributed by atoms with E-state index in [2.05, 4.69) is 12.1 Å². The molecule has 0 aliphatic carbocycles. The molecule has 0 amide bonds. The monoisotopic (exact) mass is 178 g/mol. The number of hydrogen-bond acceptors (Lipinski definition) is 0. The van der Waals surface area contributed by atoms with E-state index in [0.717, 1.165) is 0 Å². The van der Waals surface area contributed by atoms with Crippen LogP contribution in [0.25, 0.3) is 0 Å². The van der Waals surface area contributed by atoms with Crippen LogP contribution in [0.3, 0.4) is 0 Å². The lowest BCUT2D eigenvalue weighted by Crippen LogP contribution is -1.63. The largest absolute Gasteiger partial charge is 0.109 e. The molecule has 9 heavy (non-hydrogen) atoms. The Morgan fingerprint density at radius 3 is 2.22 bits per heavy atom. The first-order valence-electron chi connectivity index (χ1n) is 2.14. The molecule has 0 aliphatic heterocycles. The smallest absolute Gasteiger partial charge is 0.0819 e. The van der Waals surface area contributed by atoms with Crippen molar-refractivity contribution in [2.45, 2.75) is 0 Å². The molecule has 0 aromatic heterocycles. The molecule has 0 bridgehead atoms. The molecule has 0 saturated heterocycles. The fourth-order valence-electron chi connectivity index (χ4n) is 0.385. The third-order valence-corrected chi connectivity index (χ3v) is 1.65. The van der Waals surface area contributed by atoms with Crippen molar-refractivity contribution >= 4 is 34.8 Å². The first kappa shape index (κ1) is 7.02. The maximum absolute atomic E-state index is 5.55. The van der Waals surface area contributed by atoms with Crippen LogP contribution in [0, 0.1) is 12.1 Å². The molecule has 0 saturated carbocycles. The second kappa shape index (κ2) is 2.66. The summed E-state index contributed by atoms with van der Waals surface area (Å²) in [6.07, 6.45) is 0. The van der Waals surface area contributed by atoms with E-state index in [9.17, 15) is 0 Å².